The molecular formula is C26H46O2. The summed E-state index contributed by atoms with van der Waals surface area (Å²) in [5.41, 5.74) is 0. The summed E-state index contributed by atoms with van der Waals surface area (Å²) in [6.45, 7) is 4.47. The van der Waals surface area contributed by atoms with Gasteiger partial charge >= 0.3 is 0 Å². The van der Waals surface area contributed by atoms with Gasteiger partial charge in [-0.3, -0.25) is 0 Å². The van der Waals surface area contributed by atoms with E-state index >= 15 is 0 Å². The molecule has 1 N–H and O–H groups in total. The second-order valence-electron chi connectivity index (χ2n) is 8.36. The lowest BCUT2D eigenvalue weighted by Gasteiger charge is -2.24. The van der Waals surface area contributed by atoms with Crippen molar-refractivity contribution in [2.24, 2.45) is 0 Å². The van der Waals surface area contributed by atoms with Gasteiger partial charge in [-0.15, -0.1) is 0 Å². The number of hydrogen-bond acceptors (Lipinski definition) is 2. The molecule has 28 heavy (non-hydrogen) atoms. The van der Waals surface area contributed by atoms with E-state index in [2.05, 4.69) is 13.8 Å². The summed E-state index contributed by atoms with van der Waals surface area (Å²) in [6, 6.07) is 9.94. The van der Waals surface area contributed by atoms with E-state index in [9.17, 15) is 5.11 Å². The Balaban J connectivity index is 2.08. The Labute approximate surface area is 175 Å². The first-order valence-corrected chi connectivity index (χ1v) is 12.2. The maximum absolute atomic E-state index is 10.6. The monoisotopic (exact) mass is 390 g/mol. The van der Waals surface area contributed by atoms with Gasteiger partial charge in [0.1, 0.15) is 11.9 Å². The minimum atomic E-state index is -0.352. The Morgan fingerprint density at radius 2 is 1.14 bits per heavy atom. The number of ether oxygens (including phenoxy) is 1. The largest absolute Gasteiger partial charge is 0.488 e. The van der Waals surface area contributed by atoms with Crippen LogP contribution in [0.4, 0.5) is 0 Å². The first-order valence-electron chi connectivity index (χ1n) is 12.2. The second kappa shape index (κ2) is 18.0. The van der Waals surface area contributed by atoms with Crippen LogP contribution in [0.1, 0.15) is 117 Å². The lowest BCUT2D eigenvalue weighted by molar-refractivity contribution is 0.0233. The van der Waals surface area contributed by atoms with Gasteiger partial charge in [-0.05, 0) is 31.4 Å². The van der Waals surface area contributed by atoms with Gasteiger partial charge in [0.15, 0.2) is 0 Å². The molecule has 2 atom stereocenters. The van der Waals surface area contributed by atoms with Crippen LogP contribution >= 0.6 is 0 Å². The average molecular weight is 391 g/mol. The van der Waals surface area contributed by atoms with Gasteiger partial charge in [0.2, 0.25) is 0 Å². The molecule has 0 aromatic heterocycles. The van der Waals surface area contributed by atoms with Crippen LogP contribution in [-0.4, -0.2) is 17.3 Å². The first kappa shape index (κ1) is 25.0. The summed E-state index contributed by atoms with van der Waals surface area (Å²) < 4.78 is 6.09. The number of aliphatic hydroxyl groups excluding tert-OH is 1. The topological polar surface area (TPSA) is 29.5 Å². The van der Waals surface area contributed by atoms with E-state index in [0.29, 0.717) is 0 Å². The van der Waals surface area contributed by atoms with Crippen LogP contribution in [-0.2, 0) is 0 Å². The zero-order chi connectivity index (χ0) is 20.3. The van der Waals surface area contributed by atoms with Crippen LogP contribution in [0.3, 0.4) is 0 Å². The van der Waals surface area contributed by atoms with Gasteiger partial charge in [0.25, 0.3) is 0 Å². The highest BCUT2D eigenvalue weighted by Crippen LogP contribution is 2.20. The standard InChI is InChI=1S/C26H46O2/c1-3-5-7-8-9-10-11-12-13-14-15-19-22-25(27)26(23-6-4-2)28-24-20-17-16-18-21-24/h16-18,20-21,25-27H,3-15,19,22-23H2,1-2H3. The van der Waals surface area contributed by atoms with Crippen molar-refractivity contribution in [3.8, 4) is 5.75 Å². The van der Waals surface area contributed by atoms with E-state index in [-0.39, 0.29) is 12.2 Å². The van der Waals surface area contributed by atoms with E-state index in [1.807, 2.05) is 30.3 Å². The lowest BCUT2D eigenvalue weighted by atomic mass is 10.00. The minimum absolute atomic E-state index is 0.0740. The summed E-state index contributed by atoms with van der Waals surface area (Å²) in [5.74, 6) is 0.873. The van der Waals surface area contributed by atoms with Crippen molar-refractivity contribution in [2.75, 3.05) is 0 Å². The fourth-order valence-electron chi connectivity index (χ4n) is 3.79. The molecule has 0 radical (unpaired) electrons. The number of para-hydroxylation sites is 1. The predicted octanol–water partition coefficient (Wildman–Crippen LogP) is 8.08. The molecule has 0 fully saturated rings. The van der Waals surface area contributed by atoms with Gasteiger partial charge in [-0.2, -0.15) is 0 Å². The molecule has 1 rings (SSSR count). The Hall–Kier alpha value is -1.02. The van der Waals surface area contributed by atoms with E-state index in [1.54, 1.807) is 0 Å². The molecule has 0 amide bonds. The van der Waals surface area contributed by atoms with Crippen LogP contribution in [0.25, 0.3) is 0 Å². The fraction of sp³-hybridized carbons (Fsp3) is 0.769. The fourth-order valence-corrected chi connectivity index (χ4v) is 3.79. The number of rotatable bonds is 19. The summed E-state index contributed by atoms with van der Waals surface area (Å²) >= 11 is 0. The summed E-state index contributed by atoms with van der Waals surface area (Å²) in [5, 5.41) is 10.6. The third-order valence-electron chi connectivity index (χ3n) is 5.66. The van der Waals surface area contributed by atoms with Crippen LogP contribution < -0.4 is 4.74 Å². The Bertz CT molecular complexity index is 431. The molecule has 162 valence electrons. The van der Waals surface area contributed by atoms with Crippen LogP contribution in [0, 0.1) is 0 Å². The molecule has 2 unspecified atom stereocenters. The Kier molecular flexibility index (Phi) is 16.1. The highest BCUT2D eigenvalue weighted by atomic mass is 16.5. The van der Waals surface area contributed by atoms with Crippen molar-refractivity contribution in [1.82, 2.24) is 0 Å². The lowest BCUT2D eigenvalue weighted by Crippen LogP contribution is -2.31. The number of aliphatic hydroxyl groups is 1. The van der Waals surface area contributed by atoms with E-state index < -0.39 is 0 Å². The van der Waals surface area contributed by atoms with E-state index in [4.69, 9.17) is 4.74 Å². The molecule has 0 saturated heterocycles. The van der Waals surface area contributed by atoms with Crippen molar-refractivity contribution in [2.45, 2.75) is 129 Å². The highest BCUT2D eigenvalue weighted by molar-refractivity contribution is 5.21. The third kappa shape index (κ3) is 13.2. The zero-order valence-corrected chi connectivity index (χ0v) is 18.7. The number of benzene rings is 1. The molecule has 0 aliphatic rings. The zero-order valence-electron chi connectivity index (χ0n) is 18.7. The van der Waals surface area contributed by atoms with Gasteiger partial charge < -0.3 is 9.84 Å². The van der Waals surface area contributed by atoms with E-state index in [0.717, 1.165) is 37.9 Å². The van der Waals surface area contributed by atoms with E-state index in [1.165, 1.54) is 70.6 Å². The average Bonchev–Trinajstić information content (AvgIpc) is 2.72. The number of unbranched alkanes of at least 4 members (excludes halogenated alkanes) is 12. The van der Waals surface area contributed by atoms with Crippen molar-refractivity contribution in [3.63, 3.8) is 0 Å². The summed E-state index contributed by atoms with van der Waals surface area (Å²) in [7, 11) is 0. The molecule has 2 heteroatoms. The molecular weight excluding hydrogens is 344 g/mol. The van der Waals surface area contributed by atoms with Gasteiger partial charge in [0.05, 0.1) is 6.10 Å². The van der Waals surface area contributed by atoms with Crippen LogP contribution in [0.5, 0.6) is 5.75 Å². The molecule has 0 saturated carbocycles. The Morgan fingerprint density at radius 1 is 0.643 bits per heavy atom. The maximum atomic E-state index is 10.6. The predicted molar refractivity (Wildman–Crippen MR) is 122 cm³/mol. The summed E-state index contributed by atoms with van der Waals surface area (Å²) in [4.78, 5) is 0. The van der Waals surface area contributed by atoms with Gasteiger partial charge in [0, 0.05) is 0 Å². The molecule has 0 aliphatic heterocycles. The molecule has 0 bridgehead atoms. The van der Waals surface area contributed by atoms with Crippen molar-refractivity contribution in [1.29, 1.82) is 0 Å². The molecule has 0 aliphatic carbocycles. The molecule has 1 aromatic rings. The van der Waals surface area contributed by atoms with Crippen molar-refractivity contribution in [3.05, 3.63) is 30.3 Å². The molecule has 0 spiro atoms. The normalized spacial score (nSPS) is 13.4. The maximum Gasteiger partial charge on any atom is 0.124 e. The molecule has 2 nitrogen and oxygen atoms in total. The Morgan fingerprint density at radius 3 is 1.68 bits per heavy atom. The highest BCUT2D eigenvalue weighted by Gasteiger charge is 2.20. The van der Waals surface area contributed by atoms with Gasteiger partial charge in [-0.1, -0.05) is 116 Å². The van der Waals surface area contributed by atoms with Crippen molar-refractivity contribution >= 4 is 0 Å². The van der Waals surface area contributed by atoms with Crippen LogP contribution in [0.15, 0.2) is 30.3 Å². The minimum Gasteiger partial charge on any atom is -0.488 e. The number of hydrogen-bond donors (Lipinski definition) is 1. The molecule has 0 heterocycles. The second-order valence-corrected chi connectivity index (χ2v) is 8.36. The third-order valence-corrected chi connectivity index (χ3v) is 5.66. The quantitative estimate of drug-likeness (QED) is 0.242. The van der Waals surface area contributed by atoms with Crippen molar-refractivity contribution < 1.29 is 9.84 Å². The summed E-state index contributed by atoms with van der Waals surface area (Å²) in [6.07, 6.45) is 19.8. The molecule has 1 aromatic carbocycles. The SMILES string of the molecule is CCCCCCCCCCCCCCC(O)C(CCCC)Oc1ccccc1. The smallest absolute Gasteiger partial charge is 0.124 e. The van der Waals surface area contributed by atoms with Crippen LogP contribution in [0.2, 0.25) is 0 Å². The first-order chi connectivity index (χ1) is 13.8. The van der Waals surface area contributed by atoms with Gasteiger partial charge in [-0.25, -0.2) is 0 Å².